The lowest BCUT2D eigenvalue weighted by Gasteiger charge is -2.65. The van der Waals surface area contributed by atoms with E-state index in [0.717, 1.165) is 114 Å². The summed E-state index contributed by atoms with van der Waals surface area (Å²) in [6, 6.07) is 0. The first-order valence-electron chi connectivity index (χ1n) is 23.8. The van der Waals surface area contributed by atoms with E-state index in [9.17, 15) is 25.5 Å². The maximum atomic E-state index is 12.5. The minimum absolute atomic E-state index is 0.0835. The molecule has 0 aliphatic heterocycles. The van der Waals surface area contributed by atoms with Crippen LogP contribution in [0.4, 0.5) is 0 Å². The van der Waals surface area contributed by atoms with E-state index in [-0.39, 0.29) is 34.9 Å². The molecule has 2 unspecified atom stereocenters. The minimum atomic E-state index is -1.27. The zero-order valence-electron chi connectivity index (χ0n) is 37.9. The second kappa shape index (κ2) is 23.6. The molecule has 0 spiro atoms. The van der Waals surface area contributed by atoms with Crippen LogP contribution in [0.5, 0.6) is 0 Å². The van der Waals surface area contributed by atoms with E-state index >= 15 is 0 Å². The zero-order valence-corrected chi connectivity index (χ0v) is 37.9. The molecular formula is C51H88NO6+. The molecule has 0 bridgehead atoms. The summed E-state index contributed by atoms with van der Waals surface area (Å²) < 4.78 is 6.81. The number of likely N-dealkylation sites (N-methyl/N-ethyl adjacent to an activating group) is 1. The van der Waals surface area contributed by atoms with Crippen LogP contribution in [0.2, 0.25) is 0 Å². The third kappa shape index (κ3) is 13.2. The van der Waals surface area contributed by atoms with Gasteiger partial charge in [-0.15, -0.1) is 0 Å². The van der Waals surface area contributed by atoms with Gasteiger partial charge in [0.05, 0.1) is 39.5 Å². The predicted octanol–water partition coefficient (Wildman–Crippen LogP) is 9.90. The fourth-order valence-corrected chi connectivity index (χ4v) is 13.0. The number of unbranched alkanes of at least 4 members (excludes halogenated alkanes) is 1. The number of nitrogens with zero attached hydrogens (tertiary/aromatic N) is 1. The van der Waals surface area contributed by atoms with Crippen molar-refractivity contribution in [2.24, 2.45) is 58.2 Å². The number of allylic oxidation sites excluding steroid dienone is 10. The predicted molar refractivity (Wildman–Crippen MR) is 239 cm³/mol. The van der Waals surface area contributed by atoms with E-state index in [4.69, 9.17) is 4.74 Å². The van der Waals surface area contributed by atoms with Crippen molar-refractivity contribution in [3.63, 3.8) is 0 Å². The second-order valence-electron chi connectivity index (χ2n) is 20.3. The van der Waals surface area contributed by atoms with Gasteiger partial charge in [-0.2, -0.15) is 0 Å². The molecule has 0 saturated heterocycles. The lowest BCUT2D eigenvalue weighted by atomic mass is 9.41. The van der Waals surface area contributed by atoms with Crippen molar-refractivity contribution in [2.45, 2.75) is 169 Å². The highest BCUT2D eigenvalue weighted by molar-refractivity contribution is 5.15. The van der Waals surface area contributed by atoms with Crippen LogP contribution in [0.3, 0.4) is 0 Å². The third-order valence-electron chi connectivity index (χ3n) is 15.9. The van der Waals surface area contributed by atoms with Crippen LogP contribution >= 0.6 is 0 Å². The Morgan fingerprint density at radius 2 is 1.34 bits per heavy atom. The lowest BCUT2D eigenvalue weighted by Crippen LogP contribution is -2.63. The average Bonchev–Trinajstić information content (AvgIpc) is 3.46. The van der Waals surface area contributed by atoms with Gasteiger partial charge in [0.2, 0.25) is 0 Å². The SMILES string of the molecule is CC/C=C\C/C=C\C/C=C\C/C=C\C/C=C\CCCC(O)OCC[N+](C)(C)CC1C[C@H]([C@H](C)CCC(O)O)[C@@]2(C)CC[C@H]3[C@@H]([C@H](O)[C@H](CC)[C@@H]4C[C@H](O)CC[C@@]43C)[C@H]12. The first kappa shape index (κ1) is 49.1. The molecule has 0 amide bonds. The molecule has 4 aliphatic carbocycles. The maximum absolute atomic E-state index is 12.5. The molecule has 7 heteroatoms. The van der Waals surface area contributed by atoms with Crippen LogP contribution in [0.1, 0.15) is 144 Å². The molecule has 4 rings (SSSR count). The molecule has 0 heterocycles. The van der Waals surface area contributed by atoms with Crippen LogP contribution in [-0.4, -0.2) is 88.6 Å². The highest BCUT2D eigenvalue weighted by Crippen LogP contribution is 2.71. The minimum Gasteiger partial charge on any atom is -0.393 e. The van der Waals surface area contributed by atoms with Gasteiger partial charge in [-0.05, 0) is 155 Å². The van der Waals surface area contributed by atoms with Gasteiger partial charge in [0, 0.05) is 5.92 Å². The first-order valence-corrected chi connectivity index (χ1v) is 23.8. The van der Waals surface area contributed by atoms with Crippen molar-refractivity contribution in [1.82, 2.24) is 0 Å². The lowest BCUT2D eigenvalue weighted by molar-refractivity contribution is -0.894. The molecule has 0 aromatic rings. The molecule has 4 aliphatic rings. The van der Waals surface area contributed by atoms with Crippen molar-refractivity contribution < 1.29 is 34.8 Å². The summed E-state index contributed by atoms with van der Waals surface area (Å²) in [7, 11) is 4.61. The van der Waals surface area contributed by atoms with E-state index in [0.29, 0.717) is 55.0 Å². The quantitative estimate of drug-likeness (QED) is 0.0288. The van der Waals surface area contributed by atoms with Crippen molar-refractivity contribution in [3.8, 4) is 0 Å². The van der Waals surface area contributed by atoms with Crippen molar-refractivity contribution in [3.05, 3.63) is 60.8 Å². The summed E-state index contributed by atoms with van der Waals surface area (Å²) >= 11 is 0. The summed E-state index contributed by atoms with van der Waals surface area (Å²) in [6.07, 6.45) is 35.2. The van der Waals surface area contributed by atoms with Crippen LogP contribution in [-0.2, 0) is 4.74 Å². The Morgan fingerprint density at radius 3 is 1.95 bits per heavy atom. The fourth-order valence-electron chi connectivity index (χ4n) is 13.0. The number of aliphatic hydroxyl groups excluding tert-OH is 4. The monoisotopic (exact) mass is 811 g/mol. The van der Waals surface area contributed by atoms with Gasteiger partial charge in [-0.1, -0.05) is 102 Å². The van der Waals surface area contributed by atoms with Crippen molar-refractivity contribution in [1.29, 1.82) is 0 Å². The van der Waals surface area contributed by atoms with E-state index in [1.54, 1.807) is 0 Å². The van der Waals surface area contributed by atoms with E-state index < -0.39 is 12.6 Å². The van der Waals surface area contributed by atoms with Gasteiger partial charge >= 0.3 is 0 Å². The van der Waals surface area contributed by atoms with Crippen molar-refractivity contribution in [2.75, 3.05) is 33.8 Å². The van der Waals surface area contributed by atoms with Crippen molar-refractivity contribution >= 4 is 0 Å². The number of quaternary nitrogens is 1. The van der Waals surface area contributed by atoms with Gasteiger partial charge < -0.3 is 34.8 Å². The number of hydrogen-bond donors (Lipinski definition) is 5. The number of rotatable bonds is 24. The standard InChI is InChI=1S/C51H88NO6/c1-8-10-11-12-13-14-15-16-17-18-19-20-21-22-23-24-25-26-46(56)58-34-33-52(6,7)37-39-35-43(38(3)27-28-45(54)55)51(5)32-30-42-47(48(39)51)49(57)41(9-2)44-36-40(53)29-31-50(42,44)4/h10-11,13-14,16-17,19-20,22-23,38-49,53-57H,8-9,12,15,18,21,24-37H2,1-7H3/q+1/b11-10-,14-13-,17-16-,20-19-,23-22-/t38-,39?,40-,41-,42+,43-,44+,46?,47-,48+,49-,50-,51-/m1/s1. The third-order valence-corrected chi connectivity index (χ3v) is 15.9. The molecule has 332 valence electrons. The largest absolute Gasteiger partial charge is 0.393 e. The Kier molecular flexibility index (Phi) is 20.0. The van der Waals surface area contributed by atoms with Crippen LogP contribution in [0.15, 0.2) is 60.8 Å². The molecule has 0 aromatic carbocycles. The van der Waals surface area contributed by atoms with Gasteiger partial charge in [0.15, 0.2) is 12.6 Å². The molecular weight excluding hydrogens is 723 g/mol. The molecule has 4 fully saturated rings. The van der Waals surface area contributed by atoms with Crippen LogP contribution in [0.25, 0.3) is 0 Å². The highest BCUT2D eigenvalue weighted by Gasteiger charge is 2.67. The van der Waals surface area contributed by atoms with E-state index in [2.05, 4.69) is 109 Å². The van der Waals surface area contributed by atoms with E-state index in [1.165, 1.54) is 0 Å². The summed E-state index contributed by atoms with van der Waals surface area (Å²) in [5.74, 6) is 2.95. The summed E-state index contributed by atoms with van der Waals surface area (Å²) in [5.41, 5.74) is 0.225. The van der Waals surface area contributed by atoms with Crippen LogP contribution < -0.4 is 0 Å². The van der Waals surface area contributed by atoms with Gasteiger partial charge in [0.1, 0.15) is 6.54 Å². The molecule has 58 heavy (non-hydrogen) atoms. The Bertz CT molecular complexity index is 1340. The maximum Gasteiger partial charge on any atom is 0.154 e. The summed E-state index contributed by atoms with van der Waals surface area (Å²) in [5, 5.41) is 53.6. The zero-order chi connectivity index (χ0) is 42.3. The Hall–Kier alpha value is -1.58. The first-order chi connectivity index (χ1) is 27.7. The smallest absolute Gasteiger partial charge is 0.154 e. The average molecular weight is 811 g/mol. The number of aliphatic hydroxyl groups is 5. The molecule has 0 aromatic heterocycles. The normalized spacial score (nSPS) is 35.5. The van der Waals surface area contributed by atoms with Gasteiger partial charge in [-0.25, -0.2) is 0 Å². The summed E-state index contributed by atoms with van der Waals surface area (Å²) in [6.45, 7) is 14.1. The van der Waals surface area contributed by atoms with Gasteiger partial charge in [0.25, 0.3) is 0 Å². The summed E-state index contributed by atoms with van der Waals surface area (Å²) in [4.78, 5) is 0. The van der Waals surface area contributed by atoms with E-state index in [1.807, 2.05) is 0 Å². The molecule has 0 radical (unpaired) electrons. The molecule has 7 nitrogen and oxygen atoms in total. The topological polar surface area (TPSA) is 110 Å². The second-order valence-corrected chi connectivity index (χ2v) is 20.3. The Balaban J connectivity index is 1.28. The fraction of sp³-hybridized carbons (Fsp3) is 0.804. The Morgan fingerprint density at radius 1 is 0.741 bits per heavy atom. The molecule has 5 N–H and O–H groups in total. The number of ether oxygens (including phenoxy) is 1. The number of fused-ring (bicyclic) bond motifs is 5. The van der Waals surface area contributed by atoms with Gasteiger partial charge in [-0.3, -0.25) is 0 Å². The molecule has 13 atom stereocenters. The highest BCUT2D eigenvalue weighted by atomic mass is 16.6. The molecule has 4 saturated carbocycles. The van der Waals surface area contributed by atoms with Crippen LogP contribution in [0, 0.1) is 58.2 Å². The Labute approximate surface area is 355 Å². The number of hydrogen-bond acceptors (Lipinski definition) is 6.